The lowest BCUT2D eigenvalue weighted by molar-refractivity contribution is -0.123. The van der Waals surface area contributed by atoms with Gasteiger partial charge in [0.05, 0.1) is 4.47 Å². The first-order valence-corrected chi connectivity index (χ1v) is 9.69. The summed E-state index contributed by atoms with van der Waals surface area (Å²) in [7, 11) is 0. The van der Waals surface area contributed by atoms with Crippen LogP contribution >= 0.6 is 31.9 Å². The van der Waals surface area contributed by atoms with E-state index in [0.29, 0.717) is 11.3 Å². The van der Waals surface area contributed by atoms with Crippen molar-refractivity contribution >= 4 is 54.4 Å². The lowest BCUT2D eigenvalue weighted by Gasteiger charge is -2.11. The summed E-state index contributed by atoms with van der Waals surface area (Å²) >= 11 is 6.88. The molecule has 5 nitrogen and oxygen atoms in total. The van der Waals surface area contributed by atoms with Gasteiger partial charge in [0.15, 0.2) is 6.61 Å². The number of halogens is 2. The van der Waals surface area contributed by atoms with Crippen LogP contribution in [0.1, 0.15) is 15.9 Å². The predicted octanol–water partition coefficient (Wildman–Crippen LogP) is 4.51. The molecule has 0 aliphatic carbocycles. The Hall–Kier alpha value is -2.38. The zero-order chi connectivity index (χ0) is 19.4. The second-order valence-corrected chi connectivity index (χ2v) is 7.50. The second kappa shape index (κ2) is 8.54. The predicted molar refractivity (Wildman–Crippen MR) is 112 cm³/mol. The van der Waals surface area contributed by atoms with Gasteiger partial charge in [0, 0.05) is 10.0 Å². The van der Waals surface area contributed by atoms with Crippen molar-refractivity contribution in [3.05, 3.63) is 74.7 Å². The highest BCUT2D eigenvalue weighted by atomic mass is 79.9. The zero-order valence-electron chi connectivity index (χ0n) is 14.4. The molecule has 0 radical (unpaired) electrons. The summed E-state index contributed by atoms with van der Waals surface area (Å²) in [5.74, 6) is -0.317. The van der Waals surface area contributed by atoms with Gasteiger partial charge < -0.3 is 4.74 Å². The number of hydrogen-bond donors (Lipinski definition) is 2. The third kappa shape index (κ3) is 4.67. The van der Waals surface area contributed by atoms with Crippen molar-refractivity contribution in [2.75, 3.05) is 6.61 Å². The topological polar surface area (TPSA) is 67.4 Å². The van der Waals surface area contributed by atoms with Crippen LogP contribution in [-0.2, 0) is 4.79 Å². The first-order valence-electron chi connectivity index (χ1n) is 8.11. The van der Waals surface area contributed by atoms with Crippen molar-refractivity contribution in [3.63, 3.8) is 0 Å². The number of nitrogens with one attached hydrogen (secondary N) is 2. The molecule has 27 heavy (non-hydrogen) atoms. The van der Waals surface area contributed by atoms with E-state index in [2.05, 4.69) is 42.7 Å². The van der Waals surface area contributed by atoms with Gasteiger partial charge in [0.1, 0.15) is 5.75 Å². The number of carbonyl (C=O) groups excluding carboxylic acids is 2. The Bertz CT molecular complexity index is 1020. The molecule has 0 aliphatic heterocycles. The van der Waals surface area contributed by atoms with Gasteiger partial charge in [-0.1, -0.05) is 52.3 Å². The van der Waals surface area contributed by atoms with Crippen LogP contribution in [0.2, 0.25) is 0 Å². The third-order valence-electron chi connectivity index (χ3n) is 3.94. The van der Waals surface area contributed by atoms with Gasteiger partial charge in [-0.3, -0.25) is 20.4 Å². The fourth-order valence-electron chi connectivity index (χ4n) is 2.44. The van der Waals surface area contributed by atoms with E-state index in [1.165, 1.54) is 0 Å². The monoisotopic (exact) mass is 490 g/mol. The largest absolute Gasteiger partial charge is 0.483 e. The van der Waals surface area contributed by atoms with Gasteiger partial charge in [-0.2, -0.15) is 0 Å². The number of aryl methyl sites for hydroxylation is 1. The Morgan fingerprint density at radius 2 is 1.78 bits per heavy atom. The molecule has 0 atom stereocenters. The van der Waals surface area contributed by atoms with Gasteiger partial charge >= 0.3 is 0 Å². The van der Waals surface area contributed by atoms with Gasteiger partial charge in [-0.05, 0) is 57.4 Å². The molecule has 0 heterocycles. The maximum absolute atomic E-state index is 12.1. The van der Waals surface area contributed by atoms with Crippen LogP contribution in [0.15, 0.2) is 63.5 Å². The second-order valence-electron chi connectivity index (χ2n) is 5.85. The van der Waals surface area contributed by atoms with E-state index in [1.54, 1.807) is 18.2 Å². The van der Waals surface area contributed by atoms with Crippen LogP contribution in [0.25, 0.3) is 10.8 Å². The van der Waals surface area contributed by atoms with E-state index < -0.39 is 11.8 Å². The van der Waals surface area contributed by atoms with Crippen LogP contribution in [0, 0.1) is 6.92 Å². The van der Waals surface area contributed by atoms with Crippen molar-refractivity contribution in [1.29, 1.82) is 0 Å². The van der Waals surface area contributed by atoms with Gasteiger partial charge in [0.2, 0.25) is 0 Å². The normalized spacial score (nSPS) is 10.5. The van der Waals surface area contributed by atoms with E-state index in [9.17, 15) is 9.59 Å². The number of carbonyl (C=O) groups is 2. The number of hydrazine groups is 1. The smallest absolute Gasteiger partial charge is 0.276 e. The standard InChI is InChI=1S/C20H16Br2N2O3/c1-12-6-7-14(10-16(12)21)20(26)24-23-18(25)11-27-17-9-8-13-4-2-3-5-15(13)19(17)22/h2-10H,11H2,1H3,(H,23,25)(H,24,26). The van der Waals surface area contributed by atoms with Crippen molar-refractivity contribution in [1.82, 2.24) is 10.9 Å². The number of hydrogen-bond acceptors (Lipinski definition) is 3. The summed E-state index contributed by atoms with van der Waals surface area (Å²) in [4.78, 5) is 24.1. The van der Waals surface area contributed by atoms with Gasteiger partial charge in [-0.15, -0.1) is 0 Å². The minimum Gasteiger partial charge on any atom is -0.483 e. The van der Waals surface area contributed by atoms with Crippen molar-refractivity contribution < 1.29 is 14.3 Å². The molecule has 0 fully saturated rings. The molecule has 0 unspecified atom stereocenters. The van der Waals surface area contributed by atoms with Crippen molar-refractivity contribution in [2.45, 2.75) is 6.92 Å². The highest BCUT2D eigenvalue weighted by Crippen LogP contribution is 2.32. The van der Waals surface area contributed by atoms with Gasteiger partial charge in [-0.25, -0.2) is 0 Å². The SMILES string of the molecule is Cc1ccc(C(=O)NNC(=O)COc2ccc3ccccc3c2Br)cc1Br. The molecule has 0 spiro atoms. The Kier molecular flexibility index (Phi) is 6.13. The fraction of sp³-hybridized carbons (Fsp3) is 0.100. The Labute approximate surface area is 173 Å². The quantitative estimate of drug-likeness (QED) is 0.527. The number of ether oxygens (including phenoxy) is 1. The van der Waals surface area contributed by atoms with Gasteiger partial charge in [0.25, 0.3) is 11.8 Å². The highest BCUT2D eigenvalue weighted by Gasteiger charge is 2.11. The molecule has 3 aromatic rings. The van der Waals surface area contributed by atoms with E-state index in [-0.39, 0.29) is 6.61 Å². The minimum atomic E-state index is -0.463. The summed E-state index contributed by atoms with van der Waals surface area (Å²) in [6.07, 6.45) is 0. The molecule has 0 saturated heterocycles. The van der Waals surface area contributed by atoms with Crippen molar-refractivity contribution in [3.8, 4) is 5.75 Å². The van der Waals surface area contributed by atoms with E-state index in [1.807, 2.05) is 43.3 Å². The van der Waals surface area contributed by atoms with Crippen LogP contribution in [0.4, 0.5) is 0 Å². The number of rotatable bonds is 4. The molecule has 138 valence electrons. The molecule has 0 saturated carbocycles. The Morgan fingerprint density at radius 1 is 1.00 bits per heavy atom. The van der Waals surface area contributed by atoms with E-state index in [4.69, 9.17) is 4.74 Å². The summed E-state index contributed by atoms with van der Waals surface area (Å²) in [5.41, 5.74) is 6.18. The maximum Gasteiger partial charge on any atom is 0.276 e. The average molecular weight is 492 g/mol. The zero-order valence-corrected chi connectivity index (χ0v) is 17.6. The molecule has 0 aromatic heterocycles. The Morgan fingerprint density at radius 3 is 2.56 bits per heavy atom. The summed E-state index contributed by atoms with van der Waals surface area (Å²) in [5, 5.41) is 2.06. The molecular weight excluding hydrogens is 476 g/mol. The molecule has 3 aromatic carbocycles. The highest BCUT2D eigenvalue weighted by molar-refractivity contribution is 9.11. The molecule has 0 bridgehead atoms. The lowest BCUT2D eigenvalue weighted by atomic mass is 10.1. The summed E-state index contributed by atoms with van der Waals surface area (Å²) < 4.78 is 7.17. The molecule has 2 N–H and O–H groups in total. The van der Waals surface area contributed by atoms with Crippen LogP contribution in [0.3, 0.4) is 0 Å². The molecule has 2 amide bonds. The first kappa shape index (κ1) is 19.4. The molecule has 0 aliphatic rings. The lowest BCUT2D eigenvalue weighted by Crippen LogP contribution is -2.43. The fourth-order valence-corrected chi connectivity index (χ4v) is 3.42. The first-order chi connectivity index (χ1) is 13.0. The Balaban J connectivity index is 1.56. The summed E-state index contributed by atoms with van der Waals surface area (Å²) in [6.45, 7) is 1.70. The number of amides is 2. The summed E-state index contributed by atoms with van der Waals surface area (Å²) in [6, 6.07) is 16.8. The number of benzene rings is 3. The maximum atomic E-state index is 12.1. The third-order valence-corrected chi connectivity index (χ3v) is 5.61. The van der Waals surface area contributed by atoms with Crippen LogP contribution in [-0.4, -0.2) is 18.4 Å². The van der Waals surface area contributed by atoms with E-state index >= 15 is 0 Å². The minimum absolute atomic E-state index is 0.227. The van der Waals surface area contributed by atoms with E-state index in [0.717, 1.165) is 25.3 Å². The number of fused-ring (bicyclic) bond motifs is 1. The average Bonchev–Trinajstić information content (AvgIpc) is 2.68. The molecule has 3 rings (SSSR count). The van der Waals surface area contributed by atoms with Crippen LogP contribution in [0.5, 0.6) is 5.75 Å². The van der Waals surface area contributed by atoms with Crippen LogP contribution < -0.4 is 15.6 Å². The molecule has 7 heteroatoms. The molecular formula is C20H16Br2N2O3. The van der Waals surface area contributed by atoms with Crippen molar-refractivity contribution in [2.24, 2.45) is 0 Å².